The van der Waals surface area contributed by atoms with Gasteiger partial charge in [-0.1, -0.05) is 23.7 Å². The summed E-state index contributed by atoms with van der Waals surface area (Å²) in [6.07, 6.45) is 0. The Morgan fingerprint density at radius 2 is 1.33 bits per heavy atom. The van der Waals surface area contributed by atoms with E-state index >= 15 is 0 Å². The molecule has 0 bridgehead atoms. The molecule has 0 spiro atoms. The zero-order valence-corrected chi connectivity index (χ0v) is 15.0. The van der Waals surface area contributed by atoms with E-state index in [9.17, 15) is 9.59 Å². The number of anilines is 4. The van der Waals surface area contributed by atoms with Gasteiger partial charge in [0.2, 0.25) is 0 Å². The lowest BCUT2D eigenvalue weighted by atomic mass is 10.2. The lowest BCUT2D eigenvalue weighted by Gasteiger charge is -2.10. The zero-order chi connectivity index (χ0) is 19.2. The average molecular weight is 381 g/mol. The molecule has 136 valence electrons. The second-order valence-electron chi connectivity index (χ2n) is 5.70. The Labute approximate surface area is 161 Å². The van der Waals surface area contributed by atoms with Crippen LogP contribution in [0.1, 0.15) is 10.4 Å². The standard InChI is InChI=1S/C20H17ClN4O2/c21-14-7-5-13(6-8-14)19(26)23-15-9-11-16(12-10-15)24-20(27)25-18-4-2-1-3-17(18)22/h1-12H,22H2,(H,23,26)(H2,24,25,27). The minimum Gasteiger partial charge on any atom is -0.397 e. The van der Waals surface area contributed by atoms with Gasteiger partial charge < -0.3 is 21.7 Å². The van der Waals surface area contributed by atoms with Gasteiger partial charge in [-0.2, -0.15) is 0 Å². The molecule has 3 rings (SSSR count). The van der Waals surface area contributed by atoms with Crippen LogP contribution in [0.2, 0.25) is 5.02 Å². The molecule has 5 N–H and O–H groups in total. The third-order valence-electron chi connectivity index (χ3n) is 3.72. The van der Waals surface area contributed by atoms with Crippen molar-refractivity contribution < 1.29 is 9.59 Å². The summed E-state index contributed by atoms with van der Waals surface area (Å²) in [4.78, 5) is 24.2. The van der Waals surface area contributed by atoms with Crippen molar-refractivity contribution in [1.82, 2.24) is 0 Å². The van der Waals surface area contributed by atoms with Gasteiger partial charge in [-0.25, -0.2) is 4.79 Å². The molecule has 27 heavy (non-hydrogen) atoms. The van der Waals surface area contributed by atoms with E-state index in [2.05, 4.69) is 16.0 Å². The number of nitrogens with two attached hydrogens (primary N) is 1. The molecule has 0 saturated heterocycles. The first-order valence-electron chi connectivity index (χ1n) is 8.11. The van der Waals surface area contributed by atoms with Crippen LogP contribution in [0.3, 0.4) is 0 Å². The SMILES string of the molecule is Nc1ccccc1NC(=O)Nc1ccc(NC(=O)c2ccc(Cl)cc2)cc1. The average Bonchev–Trinajstić information content (AvgIpc) is 2.66. The van der Waals surface area contributed by atoms with Crippen molar-refractivity contribution in [3.63, 3.8) is 0 Å². The fourth-order valence-electron chi connectivity index (χ4n) is 2.34. The molecule has 0 atom stereocenters. The first kappa shape index (κ1) is 18.3. The minimum atomic E-state index is -0.411. The van der Waals surface area contributed by atoms with E-state index in [1.165, 1.54) is 0 Å². The Bertz CT molecular complexity index is 956. The number of nitrogen functional groups attached to an aromatic ring is 1. The fourth-order valence-corrected chi connectivity index (χ4v) is 2.46. The first-order chi connectivity index (χ1) is 13.0. The van der Waals surface area contributed by atoms with Crippen molar-refractivity contribution in [3.05, 3.63) is 83.4 Å². The molecule has 3 aromatic carbocycles. The third kappa shape index (κ3) is 4.99. The van der Waals surface area contributed by atoms with Gasteiger partial charge in [0.15, 0.2) is 0 Å². The zero-order valence-electron chi connectivity index (χ0n) is 14.2. The lowest BCUT2D eigenvalue weighted by Crippen LogP contribution is -2.20. The molecule has 0 fully saturated rings. The number of amides is 3. The number of carbonyl (C=O) groups excluding carboxylic acids is 2. The van der Waals surface area contributed by atoms with E-state index < -0.39 is 6.03 Å². The molecule has 0 aliphatic carbocycles. The van der Waals surface area contributed by atoms with Crippen molar-refractivity contribution in [2.24, 2.45) is 0 Å². The molecular weight excluding hydrogens is 364 g/mol. The molecule has 0 aliphatic heterocycles. The van der Waals surface area contributed by atoms with Crippen LogP contribution in [0.5, 0.6) is 0 Å². The Morgan fingerprint density at radius 3 is 1.96 bits per heavy atom. The number of urea groups is 1. The molecule has 0 aromatic heterocycles. The molecule has 7 heteroatoms. The molecule has 3 aromatic rings. The molecule has 0 saturated carbocycles. The Hall–Kier alpha value is -3.51. The Kier molecular flexibility index (Phi) is 5.58. The van der Waals surface area contributed by atoms with E-state index in [4.69, 9.17) is 17.3 Å². The second kappa shape index (κ2) is 8.25. The van der Waals surface area contributed by atoms with Crippen LogP contribution < -0.4 is 21.7 Å². The predicted molar refractivity (Wildman–Crippen MR) is 109 cm³/mol. The van der Waals surface area contributed by atoms with Crippen LogP contribution in [-0.2, 0) is 0 Å². The van der Waals surface area contributed by atoms with Crippen LogP contribution in [0.4, 0.5) is 27.5 Å². The number of halogens is 1. The van der Waals surface area contributed by atoms with Crippen LogP contribution in [0.15, 0.2) is 72.8 Å². The highest BCUT2D eigenvalue weighted by molar-refractivity contribution is 6.30. The predicted octanol–water partition coefficient (Wildman–Crippen LogP) is 4.82. The Balaban J connectivity index is 1.58. The topological polar surface area (TPSA) is 96.2 Å². The van der Waals surface area contributed by atoms with Gasteiger partial charge >= 0.3 is 6.03 Å². The summed E-state index contributed by atoms with van der Waals surface area (Å²) in [5.41, 5.74) is 8.49. The highest BCUT2D eigenvalue weighted by atomic mass is 35.5. The van der Waals surface area contributed by atoms with E-state index in [1.807, 2.05) is 0 Å². The monoisotopic (exact) mass is 380 g/mol. The van der Waals surface area contributed by atoms with Crippen molar-refractivity contribution in [3.8, 4) is 0 Å². The normalized spacial score (nSPS) is 10.1. The van der Waals surface area contributed by atoms with Gasteiger partial charge in [0, 0.05) is 22.0 Å². The van der Waals surface area contributed by atoms with Gasteiger partial charge in [0.1, 0.15) is 0 Å². The van der Waals surface area contributed by atoms with Gasteiger partial charge in [0.05, 0.1) is 11.4 Å². The summed E-state index contributed by atoms with van der Waals surface area (Å²) < 4.78 is 0. The van der Waals surface area contributed by atoms with Crippen molar-refractivity contribution in [2.75, 3.05) is 21.7 Å². The summed E-state index contributed by atoms with van der Waals surface area (Å²) in [5.74, 6) is -0.246. The van der Waals surface area contributed by atoms with Crippen molar-refractivity contribution in [1.29, 1.82) is 0 Å². The summed E-state index contributed by atoms with van der Waals surface area (Å²) in [6, 6.07) is 19.9. The van der Waals surface area contributed by atoms with Gasteiger partial charge in [-0.05, 0) is 60.7 Å². The lowest BCUT2D eigenvalue weighted by molar-refractivity contribution is 0.102. The van der Waals surface area contributed by atoms with Crippen LogP contribution >= 0.6 is 11.6 Å². The van der Waals surface area contributed by atoms with Crippen LogP contribution in [-0.4, -0.2) is 11.9 Å². The number of hydrogen-bond donors (Lipinski definition) is 4. The highest BCUT2D eigenvalue weighted by Crippen LogP contribution is 2.19. The second-order valence-corrected chi connectivity index (χ2v) is 6.14. The third-order valence-corrected chi connectivity index (χ3v) is 3.97. The van der Waals surface area contributed by atoms with Crippen LogP contribution in [0.25, 0.3) is 0 Å². The Morgan fingerprint density at radius 1 is 0.741 bits per heavy atom. The molecule has 0 unspecified atom stereocenters. The van der Waals surface area contributed by atoms with Crippen molar-refractivity contribution >= 4 is 46.3 Å². The van der Waals surface area contributed by atoms with E-state index in [-0.39, 0.29) is 5.91 Å². The smallest absolute Gasteiger partial charge is 0.323 e. The van der Waals surface area contributed by atoms with Gasteiger partial charge in [-0.3, -0.25) is 4.79 Å². The number of nitrogens with one attached hydrogen (secondary N) is 3. The summed E-state index contributed by atoms with van der Waals surface area (Å²) in [6.45, 7) is 0. The summed E-state index contributed by atoms with van der Waals surface area (Å²) >= 11 is 5.82. The van der Waals surface area contributed by atoms with Gasteiger partial charge in [0.25, 0.3) is 5.91 Å². The molecular formula is C20H17ClN4O2. The maximum atomic E-state index is 12.2. The van der Waals surface area contributed by atoms with Crippen molar-refractivity contribution in [2.45, 2.75) is 0 Å². The van der Waals surface area contributed by atoms with E-state index in [1.54, 1.807) is 72.8 Å². The van der Waals surface area contributed by atoms with Crippen LogP contribution in [0, 0.1) is 0 Å². The quantitative estimate of drug-likeness (QED) is 0.488. The van der Waals surface area contributed by atoms with Gasteiger partial charge in [-0.15, -0.1) is 0 Å². The number of rotatable bonds is 4. The number of para-hydroxylation sites is 2. The number of carbonyl (C=O) groups is 2. The van der Waals surface area contributed by atoms with E-state index in [0.717, 1.165) is 0 Å². The fraction of sp³-hybridized carbons (Fsp3) is 0. The molecule has 0 radical (unpaired) electrons. The maximum Gasteiger partial charge on any atom is 0.323 e. The molecule has 6 nitrogen and oxygen atoms in total. The summed E-state index contributed by atoms with van der Waals surface area (Å²) in [7, 11) is 0. The summed E-state index contributed by atoms with van der Waals surface area (Å²) in [5, 5.41) is 8.72. The number of hydrogen-bond acceptors (Lipinski definition) is 3. The highest BCUT2D eigenvalue weighted by Gasteiger charge is 2.07. The largest absolute Gasteiger partial charge is 0.397 e. The minimum absolute atomic E-state index is 0.246. The molecule has 3 amide bonds. The molecule has 0 heterocycles. The first-order valence-corrected chi connectivity index (χ1v) is 8.48. The molecule has 0 aliphatic rings. The van der Waals surface area contributed by atoms with E-state index in [0.29, 0.717) is 33.3 Å². The number of benzene rings is 3. The maximum absolute atomic E-state index is 12.2.